The first-order chi connectivity index (χ1) is 8.16. The van der Waals surface area contributed by atoms with E-state index in [9.17, 15) is 4.79 Å². The Morgan fingerprint density at radius 1 is 1.18 bits per heavy atom. The SMILES string of the molecule is CC1CCCN(C(=O)[C@H]2CCN[C@@H](C)C2)CC1. The maximum atomic E-state index is 12.5. The summed E-state index contributed by atoms with van der Waals surface area (Å²) in [7, 11) is 0. The van der Waals surface area contributed by atoms with Crippen LogP contribution < -0.4 is 5.32 Å². The van der Waals surface area contributed by atoms with Gasteiger partial charge in [0.1, 0.15) is 0 Å². The third-order valence-corrected chi connectivity index (χ3v) is 4.30. The normalized spacial score (nSPS) is 35.4. The molecular formula is C14H26N2O. The van der Waals surface area contributed by atoms with Gasteiger partial charge in [-0.1, -0.05) is 6.92 Å². The number of nitrogens with zero attached hydrogens (tertiary/aromatic N) is 1. The van der Waals surface area contributed by atoms with Crippen molar-refractivity contribution in [2.75, 3.05) is 19.6 Å². The molecule has 1 amide bonds. The van der Waals surface area contributed by atoms with Crippen molar-refractivity contribution in [3.63, 3.8) is 0 Å². The minimum atomic E-state index is 0.277. The molecule has 1 unspecified atom stereocenters. The van der Waals surface area contributed by atoms with Crippen LogP contribution in [0.25, 0.3) is 0 Å². The van der Waals surface area contributed by atoms with E-state index in [0.29, 0.717) is 11.9 Å². The number of rotatable bonds is 1. The molecule has 3 heteroatoms. The summed E-state index contributed by atoms with van der Waals surface area (Å²) in [5, 5.41) is 3.42. The first kappa shape index (κ1) is 12.9. The van der Waals surface area contributed by atoms with Crippen molar-refractivity contribution in [2.45, 2.75) is 52.0 Å². The molecule has 3 atom stereocenters. The molecule has 2 fully saturated rings. The van der Waals surface area contributed by atoms with Crippen LogP contribution in [0.1, 0.15) is 46.0 Å². The maximum absolute atomic E-state index is 12.5. The van der Waals surface area contributed by atoms with Gasteiger partial charge in [0, 0.05) is 25.0 Å². The van der Waals surface area contributed by atoms with E-state index in [-0.39, 0.29) is 5.92 Å². The van der Waals surface area contributed by atoms with E-state index < -0.39 is 0 Å². The topological polar surface area (TPSA) is 32.3 Å². The molecule has 98 valence electrons. The van der Waals surface area contributed by atoms with Crippen LogP contribution >= 0.6 is 0 Å². The van der Waals surface area contributed by atoms with Gasteiger partial charge in [-0.2, -0.15) is 0 Å². The van der Waals surface area contributed by atoms with Crippen LogP contribution in [0.15, 0.2) is 0 Å². The zero-order valence-corrected chi connectivity index (χ0v) is 11.2. The van der Waals surface area contributed by atoms with E-state index >= 15 is 0 Å². The molecule has 2 saturated heterocycles. The average molecular weight is 238 g/mol. The summed E-state index contributed by atoms with van der Waals surface area (Å²) in [6.45, 7) is 7.46. The van der Waals surface area contributed by atoms with Crippen molar-refractivity contribution in [1.29, 1.82) is 0 Å². The van der Waals surface area contributed by atoms with Crippen molar-refractivity contribution in [2.24, 2.45) is 11.8 Å². The Kier molecular flexibility index (Phi) is 4.43. The van der Waals surface area contributed by atoms with Gasteiger partial charge >= 0.3 is 0 Å². The number of carbonyl (C=O) groups excluding carboxylic acids is 1. The second-order valence-corrected chi connectivity index (χ2v) is 5.94. The Balaban J connectivity index is 1.89. The maximum Gasteiger partial charge on any atom is 0.225 e. The van der Waals surface area contributed by atoms with E-state index in [2.05, 4.69) is 24.1 Å². The average Bonchev–Trinajstić information content (AvgIpc) is 2.53. The first-order valence-electron chi connectivity index (χ1n) is 7.19. The minimum absolute atomic E-state index is 0.277. The highest BCUT2D eigenvalue weighted by Crippen LogP contribution is 2.22. The van der Waals surface area contributed by atoms with Gasteiger partial charge in [0.2, 0.25) is 5.91 Å². The van der Waals surface area contributed by atoms with Crippen molar-refractivity contribution >= 4 is 5.91 Å². The van der Waals surface area contributed by atoms with Gasteiger partial charge in [-0.15, -0.1) is 0 Å². The first-order valence-corrected chi connectivity index (χ1v) is 7.19. The summed E-state index contributed by atoms with van der Waals surface area (Å²) < 4.78 is 0. The van der Waals surface area contributed by atoms with Crippen molar-refractivity contribution < 1.29 is 4.79 Å². The van der Waals surface area contributed by atoms with Crippen LogP contribution in [0.5, 0.6) is 0 Å². The molecule has 0 aliphatic carbocycles. The van der Waals surface area contributed by atoms with Crippen LogP contribution in [0.4, 0.5) is 0 Å². The number of likely N-dealkylation sites (tertiary alicyclic amines) is 1. The Morgan fingerprint density at radius 2 is 2.00 bits per heavy atom. The highest BCUT2D eigenvalue weighted by Gasteiger charge is 2.29. The lowest BCUT2D eigenvalue weighted by Crippen LogP contribution is -2.44. The van der Waals surface area contributed by atoms with Gasteiger partial charge in [0.15, 0.2) is 0 Å². The molecule has 17 heavy (non-hydrogen) atoms. The summed E-state index contributed by atoms with van der Waals surface area (Å²) >= 11 is 0. The lowest BCUT2D eigenvalue weighted by molar-refractivity contribution is -0.136. The molecule has 2 rings (SSSR count). The van der Waals surface area contributed by atoms with E-state index in [1.807, 2.05) is 0 Å². The standard InChI is InChI=1S/C14H26N2O/c1-11-4-3-8-16(9-6-11)14(17)13-5-7-15-12(2)10-13/h11-13,15H,3-10H2,1-2H3/t11?,12-,13-/m0/s1. The number of nitrogens with one attached hydrogen (secondary N) is 1. The molecule has 2 aliphatic rings. The highest BCUT2D eigenvalue weighted by atomic mass is 16.2. The fourth-order valence-corrected chi connectivity index (χ4v) is 3.10. The second-order valence-electron chi connectivity index (χ2n) is 5.94. The van der Waals surface area contributed by atoms with Gasteiger partial charge in [0.05, 0.1) is 0 Å². The van der Waals surface area contributed by atoms with Crippen LogP contribution in [0.2, 0.25) is 0 Å². The van der Waals surface area contributed by atoms with E-state index in [1.54, 1.807) is 0 Å². The number of hydrogen-bond acceptors (Lipinski definition) is 2. The molecule has 0 radical (unpaired) electrons. The molecule has 3 nitrogen and oxygen atoms in total. The monoisotopic (exact) mass is 238 g/mol. The van der Waals surface area contributed by atoms with Gasteiger partial charge < -0.3 is 10.2 Å². The third-order valence-electron chi connectivity index (χ3n) is 4.30. The lowest BCUT2D eigenvalue weighted by atomic mass is 9.92. The van der Waals surface area contributed by atoms with Crippen molar-refractivity contribution in [1.82, 2.24) is 10.2 Å². The zero-order valence-electron chi connectivity index (χ0n) is 11.2. The summed E-state index contributed by atoms with van der Waals surface area (Å²) in [6.07, 6.45) is 5.70. The van der Waals surface area contributed by atoms with Gasteiger partial charge in [-0.25, -0.2) is 0 Å². The molecular weight excluding hydrogens is 212 g/mol. The fourth-order valence-electron chi connectivity index (χ4n) is 3.10. The van der Waals surface area contributed by atoms with Crippen molar-refractivity contribution in [3.05, 3.63) is 0 Å². The Labute approximate surface area is 105 Å². The number of piperidine rings is 1. The number of hydrogen-bond donors (Lipinski definition) is 1. The minimum Gasteiger partial charge on any atom is -0.342 e. The quantitative estimate of drug-likeness (QED) is 0.758. The molecule has 2 heterocycles. The van der Waals surface area contributed by atoms with E-state index in [0.717, 1.165) is 38.4 Å². The van der Waals surface area contributed by atoms with E-state index in [4.69, 9.17) is 0 Å². The zero-order chi connectivity index (χ0) is 12.3. The molecule has 0 aromatic heterocycles. The summed E-state index contributed by atoms with van der Waals surface area (Å²) in [5.41, 5.74) is 0. The summed E-state index contributed by atoms with van der Waals surface area (Å²) in [4.78, 5) is 14.6. The molecule has 2 aliphatic heterocycles. The van der Waals surface area contributed by atoms with Crippen LogP contribution in [-0.2, 0) is 4.79 Å². The van der Waals surface area contributed by atoms with Gasteiger partial charge in [-0.3, -0.25) is 4.79 Å². The van der Waals surface area contributed by atoms with Crippen LogP contribution in [-0.4, -0.2) is 36.5 Å². The molecule has 0 aromatic carbocycles. The molecule has 0 bridgehead atoms. The molecule has 1 N–H and O–H groups in total. The Bertz CT molecular complexity index is 267. The fraction of sp³-hybridized carbons (Fsp3) is 0.929. The predicted octanol–water partition coefficient (Wildman–Crippen LogP) is 2.02. The smallest absolute Gasteiger partial charge is 0.225 e. The van der Waals surface area contributed by atoms with Crippen LogP contribution in [0.3, 0.4) is 0 Å². The summed E-state index contributed by atoms with van der Waals surface area (Å²) in [6, 6.07) is 0.503. The number of amides is 1. The lowest BCUT2D eigenvalue weighted by Gasteiger charge is -2.31. The Hall–Kier alpha value is -0.570. The van der Waals surface area contributed by atoms with Crippen molar-refractivity contribution in [3.8, 4) is 0 Å². The third kappa shape index (κ3) is 3.44. The highest BCUT2D eigenvalue weighted by molar-refractivity contribution is 5.79. The van der Waals surface area contributed by atoms with Crippen LogP contribution in [0, 0.1) is 11.8 Å². The molecule has 0 saturated carbocycles. The largest absolute Gasteiger partial charge is 0.342 e. The predicted molar refractivity (Wildman–Crippen MR) is 69.8 cm³/mol. The second kappa shape index (κ2) is 5.85. The van der Waals surface area contributed by atoms with Gasteiger partial charge in [-0.05, 0) is 51.5 Å². The number of carbonyl (C=O) groups is 1. The molecule has 0 spiro atoms. The molecule has 0 aromatic rings. The Morgan fingerprint density at radius 3 is 2.76 bits per heavy atom. The van der Waals surface area contributed by atoms with Gasteiger partial charge in [0.25, 0.3) is 0 Å². The van der Waals surface area contributed by atoms with E-state index in [1.165, 1.54) is 19.3 Å². The summed E-state index contributed by atoms with van der Waals surface area (Å²) in [5.74, 6) is 1.49.